The first-order valence-corrected chi connectivity index (χ1v) is 16.8. The van der Waals surface area contributed by atoms with E-state index >= 15 is 0 Å². The molecule has 7 heteroatoms. The highest BCUT2D eigenvalue weighted by molar-refractivity contribution is 5.90. The zero-order valence-corrected chi connectivity index (χ0v) is 28.4. The van der Waals surface area contributed by atoms with Crippen LogP contribution in [0, 0.1) is 0 Å². The second-order valence-electron chi connectivity index (χ2n) is 13.1. The van der Waals surface area contributed by atoms with Crippen LogP contribution in [0.15, 0.2) is 60.8 Å². The number of rotatable bonds is 21. The Bertz CT molecular complexity index is 1220. The fourth-order valence-corrected chi connectivity index (χ4v) is 5.85. The number of carbonyl (C=O) groups excluding carboxylic acids is 2. The number of benzene rings is 2. The van der Waals surface area contributed by atoms with Gasteiger partial charge in [-0.05, 0) is 23.6 Å². The third-order valence-corrected chi connectivity index (χ3v) is 8.57. The van der Waals surface area contributed by atoms with Crippen LogP contribution in [0.25, 0.3) is 10.9 Å². The summed E-state index contributed by atoms with van der Waals surface area (Å²) < 4.78 is 0.462. The van der Waals surface area contributed by atoms with Gasteiger partial charge in [0.25, 0.3) is 5.91 Å². The van der Waals surface area contributed by atoms with Crippen molar-refractivity contribution in [3.8, 4) is 0 Å². The van der Waals surface area contributed by atoms with Crippen LogP contribution in [0.1, 0.15) is 95.1 Å². The highest BCUT2D eigenvalue weighted by Gasteiger charge is 2.35. The van der Waals surface area contributed by atoms with E-state index in [1.54, 1.807) is 0 Å². The number of unbranched alkanes of at least 4 members (excludes halogenated alkanes) is 11. The Morgan fingerprint density at radius 1 is 0.727 bits per heavy atom. The summed E-state index contributed by atoms with van der Waals surface area (Å²) in [4.78, 5) is 30.6. The lowest BCUT2D eigenvalue weighted by Gasteiger charge is -2.34. The van der Waals surface area contributed by atoms with Crippen LogP contribution >= 0.6 is 0 Å². The number of H-pyrrole nitrogens is 1. The smallest absolute Gasteiger partial charge is 0.279 e. The van der Waals surface area contributed by atoms with E-state index in [2.05, 4.69) is 34.7 Å². The maximum Gasteiger partial charge on any atom is 0.279 e. The summed E-state index contributed by atoms with van der Waals surface area (Å²) in [7, 11) is 6.12. The summed E-state index contributed by atoms with van der Waals surface area (Å²) in [6.45, 7) is 2.91. The Balaban J connectivity index is 0.00000675. The minimum Gasteiger partial charge on any atom is -1.00 e. The molecule has 0 aliphatic rings. The number of carbonyl (C=O) groups is 2. The van der Waals surface area contributed by atoms with Gasteiger partial charge in [-0.25, -0.2) is 0 Å². The highest BCUT2D eigenvalue weighted by atomic mass is 35.5. The van der Waals surface area contributed by atoms with E-state index in [0.29, 0.717) is 23.9 Å². The van der Waals surface area contributed by atoms with Crippen LogP contribution in [0.3, 0.4) is 0 Å². The van der Waals surface area contributed by atoms with Crippen LogP contribution in [0.4, 0.5) is 0 Å². The number of halogens is 1. The van der Waals surface area contributed by atoms with Gasteiger partial charge in [0.2, 0.25) is 5.91 Å². The van der Waals surface area contributed by atoms with Crippen molar-refractivity contribution in [3.05, 3.63) is 71.9 Å². The summed E-state index contributed by atoms with van der Waals surface area (Å²) in [5.41, 5.74) is 3.21. The van der Waals surface area contributed by atoms with Gasteiger partial charge in [-0.3, -0.25) is 9.59 Å². The predicted octanol–water partition coefficient (Wildman–Crippen LogP) is 4.33. The van der Waals surface area contributed by atoms with E-state index in [1.807, 2.05) is 69.8 Å². The first kappa shape index (κ1) is 37.4. The zero-order valence-electron chi connectivity index (χ0n) is 27.7. The lowest BCUT2D eigenvalue weighted by molar-refractivity contribution is -0.886. The van der Waals surface area contributed by atoms with Gasteiger partial charge < -0.3 is 32.5 Å². The van der Waals surface area contributed by atoms with Gasteiger partial charge in [0.05, 0.1) is 21.1 Å². The van der Waals surface area contributed by atoms with E-state index in [-0.39, 0.29) is 30.3 Å². The second kappa shape index (κ2) is 20.2. The van der Waals surface area contributed by atoms with Crippen LogP contribution in [-0.4, -0.2) is 61.1 Å². The molecule has 0 saturated carbocycles. The molecule has 3 N–H and O–H groups in total. The highest BCUT2D eigenvalue weighted by Crippen LogP contribution is 2.22. The van der Waals surface area contributed by atoms with Gasteiger partial charge in [-0.1, -0.05) is 126 Å². The molecule has 44 heavy (non-hydrogen) atoms. The topological polar surface area (TPSA) is 74.0 Å². The number of aromatic amines is 1. The lowest BCUT2D eigenvalue weighted by atomic mass is 10.0. The SMILES string of the molecule is CCCCCCCCCCCCCCNC(=O)[C@H](Cc1ccccc1)NC(=O)[C@H](Cc1c[nH]c2ccccc12)[N+](C)(C)C.[Cl-]. The summed E-state index contributed by atoms with van der Waals surface area (Å²) in [6, 6.07) is 17.2. The molecule has 0 bridgehead atoms. The number of para-hydroxylation sites is 1. The van der Waals surface area contributed by atoms with E-state index < -0.39 is 6.04 Å². The first-order valence-electron chi connectivity index (χ1n) is 16.8. The summed E-state index contributed by atoms with van der Waals surface area (Å²) in [5, 5.41) is 7.41. The third kappa shape index (κ3) is 13.0. The van der Waals surface area contributed by atoms with Crippen LogP contribution < -0.4 is 23.0 Å². The van der Waals surface area contributed by atoms with Gasteiger partial charge in [0, 0.05) is 36.5 Å². The number of nitrogens with one attached hydrogen (secondary N) is 3. The second-order valence-corrected chi connectivity index (χ2v) is 13.1. The normalized spacial score (nSPS) is 12.8. The molecule has 2 aromatic carbocycles. The summed E-state index contributed by atoms with van der Waals surface area (Å²) in [6.07, 6.45) is 18.5. The molecule has 1 heterocycles. The fourth-order valence-electron chi connectivity index (χ4n) is 5.85. The standard InChI is InChI=1S/C37H56N4O2.ClH/c1-5-6-7-8-9-10-11-12-13-14-15-21-26-38-36(42)34(27-30-22-17-16-18-23-30)40-37(43)35(41(2,3)4)28-31-29-39-33-25-20-19-24-32(31)33;/h16-20,22-25,29,34-35,39H,5-15,21,26-28H2,1-4H3,(H-,38,40,42,43);1H/t34-,35-;/m0./s1. The zero-order chi connectivity index (χ0) is 30.9. The van der Waals surface area contributed by atoms with Gasteiger partial charge in [0.1, 0.15) is 6.04 Å². The third-order valence-electron chi connectivity index (χ3n) is 8.57. The Hall–Kier alpha value is -2.83. The van der Waals surface area contributed by atoms with E-state index in [0.717, 1.165) is 34.9 Å². The maximum absolute atomic E-state index is 13.8. The number of fused-ring (bicyclic) bond motifs is 1. The van der Waals surface area contributed by atoms with Crippen molar-refractivity contribution in [1.82, 2.24) is 15.6 Å². The van der Waals surface area contributed by atoms with Crippen molar-refractivity contribution in [2.75, 3.05) is 27.7 Å². The number of quaternary nitrogens is 1. The number of nitrogens with zero attached hydrogens (tertiary/aromatic N) is 1. The molecule has 2 amide bonds. The number of likely N-dealkylation sites (N-methyl/N-ethyl adjacent to an activating group) is 1. The van der Waals surface area contributed by atoms with Crippen LogP contribution in [0.5, 0.6) is 0 Å². The van der Waals surface area contributed by atoms with Crippen molar-refractivity contribution in [3.63, 3.8) is 0 Å². The minimum atomic E-state index is -0.621. The number of amides is 2. The lowest BCUT2D eigenvalue weighted by Crippen LogP contribution is -3.00. The monoisotopic (exact) mass is 624 g/mol. The molecule has 2 atom stereocenters. The summed E-state index contributed by atoms with van der Waals surface area (Å²) in [5.74, 6) is -0.202. The van der Waals surface area contributed by atoms with Crippen LogP contribution in [0.2, 0.25) is 0 Å². The van der Waals surface area contributed by atoms with Crippen molar-refractivity contribution in [2.24, 2.45) is 0 Å². The average molecular weight is 625 g/mol. The van der Waals surface area contributed by atoms with Gasteiger partial charge >= 0.3 is 0 Å². The molecule has 244 valence electrons. The van der Waals surface area contributed by atoms with Crippen molar-refractivity contribution < 1.29 is 26.5 Å². The Morgan fingerprint density at radius 3 is 1.91 bits per heavy atom. The van der Waals surface area contributed by atoms with Gasteiger partial charge in [-0.2, -0.15) is 0 Å². The number of aromatic nitrogens is 1. The molecule has 6 nitrogen and oxygen atoms in total. The Morgan fingerprint density at radius 2 is 1.30 bits per heavy atom. The molecule has 3 rings (SSSR count). The molecule has 0 radical (unpaired) electrons. The van der Waals surface area contributed by atoms with Crippen LogP contribution in [-0.2, 0) is 22.4 Å². The number of hydrogen-bond donors (Lipinski definition) is 3. The minimum absolute atomic E-state index is 0. The molecule has 0 saturated heterocycles. The molecular formula is C37H57ClN4O2. The van der Waals surface area contributed by atoms with Crippen molar-refractivity contribution in [2.45, 2.75) is 109 Å². The largest absolute Gasteiger partial charge is 1.00 e. The van der Waals surface area contributed by atoms with Crippen molar-refractivity contribution in [1.29, 1.82) is 0 Å². The fraction of sp³-hybridized carbons (Fsp3) is 0.568. The predicted molar refractivity (Wildman–Crippen MR) is 180 cm³/mol. The van der Waals surface area contributed by atoms with Gasteiger partial charge in [0.15, 0.2) is 6.04 Å². The Labute approximate surface area is 272 Å². The quantitative estimate of drug-likeness (QED) is 0.122. The average Bonchev–Trinajstić information content (AvgIpc) is 3.40. The van der Waals surface area contributed by atoms with E-state index in [9.17, 15) is 9.59 Å². The van der Waals surface area contributed by atoms with Crippen molar-refractivity contribution >= 4 is 22.7 Å². The molecule has 0 aliphatic carbocycles. The molecular weight excluding hydrogens is 568 g/mol. The molecule has 0 fully saturated rings. The molecule has 3 aromatic rings. The summed E-state index contributed by atoms with van der Waals surface area (Å²) >= 11 is 0. The Kier molecular flexibility index (Phi) is 17.2. The molecule has 0 spiro atoms. The molecule has 0 aliphatic heterocycles. The molecule has 0 unspecified atom stereocenters. The molecule has 1 aromatic heterocycles. The maximum atomic E-state index is 13.8. The first-order chi connectivity index (χ1) is 20.8. The van der Waals surface area contributed by atoms with Gasteiger partial charge in [-0.15, -0.1) is 0 Å². The van der Waals surface area contributed by atoms with E-state index in [1.165, 1.54) is 64.2 Å². The number of hydrogen-bond acceptors (Lipinski definition) is 2. The van der Waals surface area contributed by atoms with E-state index in [4.69, 9.17) is 0 Å².